The molecule has 7 heteroatoms. The van der Waals surface area contributed by atoms with Gasteiger partial charge in [0.05, 0.1) is 12.3 Å². The molecular weight excluding hydrogens is 258 g/mol. The van der Waals surface area contributed by atoms with E-state index in [2.05, 4.69) is 15.5 Å². The van der Waals surface area contributed by atoms with Crippen molar-refractivity contribution in [2.45, 2.75) is 13.3 Å². The number of tetrazole rings is 1. The lowest BCUT2D eigenvalue weighted by Crippen LogP contribution is -2.34. The molecule has 7 nitrogen and oxygen atoms in total. The normalized spacial score (nSPS) is 10.5. The van der Waals surface area contributed by atoms with Crippen LogP contribution in [-0.4, -0.2) is 55.8 Å². The second-order valence-corrected chi connectivity index (χ2v) is 4.32. The van der Waals surface area contributed by atoms with Crippen LogP contribution in [0.3, 0.4) is 0 Å². The van der Waals surface area contributed by atoms with E-state index in [9.17, 15) is 4.79 Å². The Bertz CT molecular complexity index is 550. The fourth-order valence-corrected chi connectivity index (χ4v) is 1.95. The van der Waals surface area contributed by atoms with E-state index in [-0.39, 0.29) is 12.5 Å². The molecule has 106 valence electrons. The molecule has 0 spiro atoms. The van der Waals surface area contributed by atoms with E-state index in [0.29, 0.717) is 18.7 Å². The first-order valence-corrected chi connectivity index (χ1v) is 6.49. The Morgan fingerprint density at radius 2 is 2.25 bits per heavy atom. The molecule has 0 atom stereocenters. The van der Waals surface area contributed by atoms with Crippen molar-refractivity contribution in [2.75, 3.05) is 19.7 Å². The van der Waals surface area contributed by atoms with Crippen molar-refractivity contribution in [3.05, 3.63) is 36.2 Å². The zero-order chi connectivity index (χ0) is 14.4. The van der Waals surface area contributed by atoms with Crippen LogP contribution in [0.1, 0.15) is 23.7 Å². The molecule has 0 bridgehead atoms. The molecule has 0 aliphatic heterocycles. The van der Waals surface area contributed by atoms with Gasteiger partial charge in [-0.3, -0.25) is 4.79 Å². The van der Waals surface area contributed by atoms with Crippen LogP contribution in [0, 0.1) is 0 Å². The van der Waals surface area contributed by atoms with Crippen molar-refractivity contribution in [3.63, 3.8) is 0 Å². The first-order chi connectivity index (χ1) is 9.76. The molecule has 2 aromatic rings. The van der Waals surface area contributed by atoms with Gasteiger partial charge in [0.1, 0.15) is 6.33 Å². The van der Waals surface area contributed by atoms with Crippen LogP contribution >= 0.6 is 0 Å². The summed E-state index contributed by atoms with van der Waals surface area (Å²) in [6.07, 6.45) is 2.32. The molecule has 0 radical (unpaired) electrons. The number of rotatable bonds is 6. The third kappa shape index (κ3) is 3.18. The number of amides is 1. The summed E-state index contributed by atoms with van der Waals surface area (Å²) < 4.78 is 1.49. The molecule has 0 aliphatic rings. The fourth-order valence-electron chi connectivity index (χ4n) is 1.95. The maximum absolute atomic E-state index is 12.4. The predicted octanol–water partition coefficient (Wildman–Crippen LogP) is 0.507. The molecule has 0 saturated carbocycles. The number of benzene rings is 1. The molecule has 1 amide bonds. The molecule has 1 aromatic heterocycles. The van der Waals surface area contributed by atoms with Gasteiger partial charge in [-0.25, -0.2) is 4.68 Å². The third-order valence-corrected chi connectivity index (χ3v) is 2.86. The van der Waals surface area contributed by atoms with Gasteiger partial charge in [0.25, 0.3) is 5.91 Å². The van der Waals surface area contributed by atoms with Crippen LogP contribution in [0.15, 0.2) is 30.6 Å². The zero-order valence-corrected chi connectivity index (χ0v) is 11.3. The Morgan fingerprint density at radius 3 is 2.90 bits per heavy atom. The van der Waals surface area contributed by atoms with Crippen LogP contribution in [0.2, 0.25) is 0 Å². The van der Waals surface area contributed by atoms with Gasteiger partial charge < -0.3 is 10.0 Å². The van der Waals surface area contributed by atoms with Crippen LogP contribution in [-0.2, 0) is 0 Å². The van der Waals surface area contributed by atoms with Crippen LogP contribution in [0.4, 0.5) is 0 Å². The highest BCUT2D eigenvalue weighted by molar-refractivity contribution is 5.94. The van der Waals surface area contributed by atoms with E-state index in [4.69, 9.17) is 5.11 Å². The number of aromatic nitrogens is 4. The third-order valence-electron chi connectivity index (χ3n) is 2.86. The van der Waals surface area contributed by atoms with Crippen molar-refractivity contribution >= 4 is 5.91 Å². The number of aliphatic hydroxyl groups is 1. The van der Waals surface area contributed by atoms with Gasteiger partial charge >= 0.3 is 0 Å². The molecule has 0 fully saturated rings. The smallest absolute Gasteiger partial charge is 0.254 e. The lowest BCUT2D eigenvalue weighted by Gasteiger charge is -2.21. The van der Waals surface area contributed by atoms with Gasteiger partial charge in [0.2, 0.25) is 0 Å². The highest BCUT2D eigenvalue weighted by Gasteiger charge is 2.15. The van der Waals surface area contributed by atoms with Gasteiger partial charge in [-0.05, 0) is 35.0 Å². The summed E-state index contributed by atoms with van der Waals surface area (Å²) in [7, 11) is 0. The number of nitrogens with zero attached hydrogens (tertiary/aromatic N) is 5. The Morgan fingerprint density at radius 1 is 1.40 bits per heavy atom. The zero-order valence-electron chi connectivity index (χ0n) is 11.3. The van der Waals surface area contributed by atoms with E-state index < -0.39 is 0 Å². The van der Waals surface area contributed by atoms with E-state index in [1.54, 1.807) is 23.1 Å². The van der Waals surface area contributed by atoms with E-state index in [0.717, 1.165) is 12.1 Å². The largest absolute Gasteiger partial charge is 0.395 e. The Kier molecular flexibility index (Phi) is 4.78. The molecule has 20 heavy (non-hydrogen) atoms. The predicted molar refractivity (Wildman–Crippen MR) is 72.4 cm³/mol. The highest BCUT2D eigenvalue weighted by atomic mass is 16.3. The standard InChI is InChI=1S/C13H17N5O2/c1-2-6-17(7-8-19)13(20)11-4-3-5-12(9-11)18-10-14-15-16-18/h3-5,9-10,19H,2,6-8H2,1H3. The Hall–Kier alpha value is -2.28. The first kappa shape index (κ1) is 14.1. The van der Waals surface area contributed by atoms with E-state index >= 15 is 0 Å². The fraction of sp³-hybridized carbons (Fsp3) is 0.385. The van der Waals surface area contributed by atoms with Crippen molar-refractivity contribution in [1.29, 1.82) is 0 Å². The average molecular weight is 275 g/mol. The molecule has 0 aliphatic carbocycles. The number of carbonyl (C=O) groups excluding carboxylic acids is 1. The molecule has 1 aromatic carbocycles. The molecular formula is C13H17N5O2. The van der Waals surface area contributed by atoms with E-state index in [1.165, 1.54) is 11.0 Å². The summed E-state index contributed by atoms with van der Waals surface area (Å²) in [5.41, 5.74) is 1.28. The second-order valence-electron chi connectivity index (χ2n) is 4.32. The van der Waals surface area contributed by atoms with Gasteiger partial charge in [-0.2, -0.15) is 0 Å². The van der Waals surface area contributed by atoms with Crippen molar-refractivity contribution in [1.82, 2.24) is 25.1 Å². The highest BCUT2D eigenvalue weighted by Crippen LogP contribution is 2.11. The number of hydrogen-bond acceptors (Lipinski definition) is 5. The summed E-state index contributed by atoms with van der Waals surface area (Å²) in [4.78, 5) is 14.0. The van der Waals surface area contributed by atoms with Gasteiger partial charge in [-0.15, -0.1) is 5.10 Å². The van der Waals surface area contributed by atoms with E-state index in [1.807, 2.05) is 13.0 Å². The van der Waals surface area contributed by atoms with Gasteiger partial charge in [0, 0.05) is 18.7 Å². The molecule has 2 rings (SSSR count). The Labute approximate surface area is 116 Å². The minimum atomic E-state index is -0.101. The van der Waals surface area contributed by atoms with Crippen molar-refractivity contribution in [3.8, 4) is 5.69 Å². The minimum absolute atomic E-state index is 0.0432. The number of hydrogen-bond donors (Lipinski definition) is 1. The monoisotopic (exact) mass is 275 g/mol. The van der Waals surface area contributed by atoms with Crippen LogP contribution < -0.4 is 0 Å². The molecule has 0 saturated heterocycles. The Balaban J connectivity index is 2.23. The summed E-state index contributed by atoms with van der Waals surface area (Å²) in [6.45, 7) is 2.91. The lowest BCUT2D eigenvalue weighted by atomic mass is 10.1. The molecule has 1 heterocycles. The number of aliphatic hydroxyl groups excluding tert-OH is 1. The van der Waals surface area contributed by atoms with Crippen molar-refractivity contribution < 1.29 is 9.90 Å². The molecule has 0 unspecified atom stereocenters. The average Bonchev–Trinajstić information content (AvgIpc) is 3.01. The maximum atomic E-state index is 12.4. The SMILES string of the molecule is CCCN(CCO)C(=O)c1cccc(-n2cnnn2)c1. The first-order valence-electron chi connectivity index (χ1n) is 6.49. The number of carbonyl (C=O) groups is 1. The van der Waals surface area contributed by atoms with Gasteiger partial charge in [-0.1, -0.05) is 13.0 Å². The van der Waals surface area contributed by atoms with Crippen LogP contribution in [0.25, 0.3) is 5.69 Å². The van der Waals surface area contributed by atoms with Gasteiger partial charge in [0.15, 0.2) is 0 Å². The van der Waals surface area contributed by atoms with Crippen molar-refractivity contribution in [2.24, 2.45) is 0 Å². The summed E-state index contributed by atoms with van der Waals surface area (Å²) in [6, 6.07) is 7.09. The summed E-state index contributed by atoms with van der Waals surface area (Å²) in [5, 5.41) is 20.0. The van der Waals surface area contributed by atoms with Crippen LogP contribution in [0.5, 0.6) is 0 Å². The topological polar surface area (TPSA) is 84.1 Å². The summed E-state index contributed by atoms with van der Waals surface area (Å²) in [5.74, 6) is -0.101. The quantitative estimate of drug-likeness (QED) is 0.830. The minimum Gasteiger partial charge on any atom is -0.395 e. The second kappa shape index (κ2) is 6.76. The molecule has 1 N–H and O–H groups in total. The lowest BCUT2D eigenvalue weighted by molar-refractivity contribution is 0.0722. The maximum Gasteiger partial charge on any atom is 0.254 e. The summed E-state index contributed by atoms with van der Waals surface area (Å²) >= 11 is 0.